The topological polar surface area (TPSA) is 53.9 Å². The number of para-hydroxylation sites is 1. The lowest BCUT2D eigenvalue weighted by Crippen LogP contribution is -2.39. The zero-order valence-corrected chi connectivity index (χ0v) is 19.5. The Morgan fingerprint density at radius 1 is 1.06 bits per heavy atom. The molecule has 0 spiro atoms. The van der Waals surface area contributed by atoms with E-state index in [1.807, 2.05) is 81.6 Å². The summed E-state index contributed by atoms with van der Waals surface area (Å²) in [7, 11) is 1.81. The molecular formula is C25H23Cl2N3O2. The molecule has 1 aliphatic rings. The lowest BCUT2D eigenvalue weighted by Gasteiger charge is -2.22. The van der Waals surface area contributed by atoms with Crippen LogP contribution in [0.25, 0.3) is 0 Å². The highest BCUT2D eigenvalue weighted by molar-refractivity contribution is 6.34. The molecule has 0 bridgehead atoms. The van der Waals surface area contributed by atoms with Gasteiger partial charge in [-0.1, -0.05) is 52.6 Å². The van der Waals surface area contributed by atoms with Gasteiger partial charge in [-0.2, -0.15) is 0 Å². The van der Waals surface area contributed by atoms with E-state index in [1.54, 1.807) is 11.1 Å². The summed E-state index contributed by atoms with van der Waals surface area (Å²) in [6.07, 6.45) is 0.561. The first-order chi connectivity index (χ1) is 15.2. The van der Waals surface area contributed by atoms with Crippen LogP contribution < -0.4 is 10.4 Å². The summed E-state index contributed by atoms with van der Waals surface area (Å²) < 4.78 is 0. The van der Waals surface area contributed by atoms with Gasteiger partial charge in [0.05, 0.1) is 11.4 Å². The summed E-state index contributed by atoms with van der Waals surface area (Å²) in [5.74, 6) is -0.177. The predicted molar refractivity (Wildman–Crippen MR) is 130 cm³/mol. The first kappa shape index (κ1) is 22.2. The summed E-state index contributed by atoms with van der Waals surface area (Å²) in [6, 6.07) is 20.7. The van der Waals surface area contributed by atoms with Gasteiger partial charge in [0.1, 0.15) is 0 Å². The minimum atomic E-state index is -0.660. The van der Waals surface area contributed by atoms with Crippen LogP contribution in [0.15, 0.2) is 71.9 Å². The minimum absolute atomic E-state index is 0.177. The number of hydrogen-bond acceptors (Lipinski definition) is 4. The fourth-order valence-corrected chi connectivity index (χ4v) is 4.26. The van der Waals surface area contributed by atoms with Crippen LogP contribution in [0, 0.1) is 6.92 Å². The van der Waals surface area contributed by atoms with Gasteiger partial charge in [-0.05, 0) is 67.4 Å². The molecule has 3 aromatic rings. The van der Waals surface area contributed by atoms with Gasteiger partial charge in [0.15, 0.2) is 5.60 Å². The average molecular weight is 468 g/mol. The van der Waals surface area contributed by atoms with Crippen molar-refractivity contribution in [3.8, 4) is 0 Å². The number of hydrazine groups is 1. The molecule has 1 aliphatic heterocycles. The zero-order valence-electron chi connectivity index (χ0n) is 18.0. The van der Waals surface area contributed by atoms with E-state index < -0.39 is 5.60 Å². The Bertz CT molecular complexity index is 1180. The summed E-state index contributed by atoms with van der Waals surface area (Å²) in [5.41, 5.74) is 7.17. The van der Waals surface area contributed by atoms with E-state index in [0.29, 0.717) is 22.0 Å². The van der Waals surface area contributed by atoms with E-state index in [9.17, 15) is 4.79 Å². The number of amides is 1. The second-order valence-corrected chi connectivity index (χ2v) is 8.93. The van der Waals surface area contributed by atoms with Gasteiger partial charge in [-0.25, -0.2) is 0 Å². The maximum absolute atomic E-state index is 12.8. The van der Waals surface area contributed by atoms with Crippen molar-refractivity contribution in [2.24, 2.45) is 5.16 Å². The monoisotopic (exact) mass is 467 g/mol. The third-order valence-electron chi connectivity index (χ3n) is 5.55. The van der Waals surface area contributed by atoms with E-state index in [2.05, 4.69) is 10.6 Å². The lowest BCUT2D eigenvalue weighted by molar-refractivity contribution is -0.00737. The number of rotatable bonds is 5. The summed E-state index contributed by atoms with van der Waals surface area (Å²) in [5, 5.41) is 7.13. The number of nitrogens with one attached hydrogen (secondary N) is 1. The molecule has 164 valence electrons. The van der Waals surface area contributed by atoms with Crippen molar-refractivity contribution in [3.63, 3.8) is 0 Å². The third kappa shape index (κ3) is 4.59. The maximum atomic E-state index is 12.8. The van der Waals surface area contributed by atoms with Crippen molar-refractivity contribution in [3.05, 3.63) is 99.0 Å². The standard InChI is InChI=1S/C25H23Cl2N3O2/c1-16-11-17(9-10-22(16)24(31)28-30(3)21-7-5-4-6-8-21)23-15-25(2,32-29-23)18-12-19(26)14-20(27)13-18/h4-14H,15H2,1-3H3,(H,28,31). The summed E-state index contributed by atoms with van der Waals surface area (Å²) in [6.45, 7) is 3.87. The molecule has 0 saturated carbocycles. The molecule has 3 aromatic carbocycles. The molecule has 1 amide bonds. The molecule has 1 heterocycles. The van der Waals surface area contributed by atoms with E-state index in [4.69, 9.17) is 28.0 Å². The number of benzene rings is 3. The second-order valence-electron chi connectivity index (χ2n) is 8.06. The third-order valence-corrected chi connectivity index (χ3v) is 5.99. The number of hydrogen-bond donors (Lipinski definition) is 1. The Morgan fingerprint density at radius 2 is 1.75 bits per heavy atom. The molecule has 5 nitrogen and oxygen atoms in total. The normalized spacial score (nSPS) is 17.5. The van der Waals surface area contributed by atoms with Crippen LogP contribution in [0.2, 0.25) is 10.0 Å². The molecule has 1 unspecified atom stereocenters. The fourth-order valence-electron chi connectivity index (χ4n) is 3.74. The van der Waals surface area contributed by atoms with Crippen molar-refractivity contribution in [1.29, 1.82) is 0 Å². The number of nitrogens with zero attached hydrogens (tertiary/aromatic N) is 2. The fraction of sp³-hybridized carbons (Fsp3) is 0.200. The number of halogens is 2. The molecule has 0 aromatic heterocycles. The van der Waals surface area contributed by atoms with Crippen LogP contribution >= 0.6 is 23.2 Å². The molecular weight excluding hydrogens is 445 g/mol. The Balaban J connectivity index is 1.49. The Kier molecular flexibility index (Phi) is 6.13. The van der Waals surface area contributed by atoms with Gasteiger partial charge in [0.25, 0.3) is 5.91 Å². The first-order valence-electron chi connectivity index (χ1n) is 10.2. The maximum Gasteiger partial charge on any atom is 0.270 e. The van der Waals surface area contributed by atoms with Crippen LogP contribution in [0.5, 0.6) is 0 Å². The van der Waals surface area contributed by atoms with E-state index in [1.165, 1.54) is 0 Å². The van der Waals surface area contributed by atoms with E-state index in [0.717, 1.165) is 28.1 Å². The van der Waals surface area contributed by atoms with Crippen molar-refractivity contribution in [2.45, 2.75) is 25.9 Å². The van der Waals surface area contributed by atoms with Crippen molar-refractivity contribution < 1.29 is 9.63 Å². The highest BCUT2D eigenvalue weighted by atomic mass is 35.5. The van der Waals surface area contributed by atoms with Crippen molar-refractivity contribution in [2.75, 3.05) is 12.1 Å². The molecule has 1 N–H and O–H groups in total. The quantitative estimate of drug-likeness (QED) is 0.459. The Morgan fingerprint density at radius 3 is 2.41 bits per heavy atom. The lowest BCUT2D eigenvalue weighted by atomic mass is 9.88. The minimum Gasteiger partial charge on any atom is -0.384 e. The van der Waals surface area contributed by atoms with Gasteiger partial charge in [0.2, 0.25) is 0 Å². The van der Waals surface area contributed by atoms with Crippen molar-refractivity contribution >= 4 is 40.5 Å². The van der Waals surface area contributed by atoms with Gasteiger partial charge in [0, 0.05) is 34.6 Å². The van der Waals surface area contributed by atoms with Crippen LogP contribution in [-0.2, 0) is 10.4 Å². The largest absolute Gasteiger partial charge is 0.384 e. The zero-order chi connectivity index (χ0) is 22.9. The second kappa shape index (κ2) is 8.85. The molecule has 0 radical (unpaired) electrons. The summed E-state index contributed by atoms with van der Waals surface area (Å²) in [4.78, 5) is 18.6. The smallest absolute Gasteiger partial charge is 0.270 e. The molecule has 0 aliphatic carbocycles. The average Bonchev–Trinajstić information content (AvgIpc) is 3.17. The van der Waals surface area contributed by atoms with Gasteiger partial charge < -0.3 is 4.84 Å². The molecule has 0 fully saturated rings. The van der Waals surface area contributed by atoms with Gasteiger partial charge >= 0.3 is 0 Å². The van der Waals surface area contributed by atoms with Gasteiger partial charge in [-0.3, -0.25) is 15.2 Å². The molecule has 4 rings (SSSR count). The summed E-state index contributed by atoms with van der Waals surface area (Å²) >= 11 is 12.3. The SMILES string of the molecule is Cc1cc(C2=NOC(C)(c3cc(Cl)cc(Cl)c3)C2)ccc1C(=O)NN(C)c1ccccc1. The van der Waals surface area contributed by atoms with Gasteiger partial charge in [-0.15, -0.1) is 0 Å². The van der Waals surface area contributed by atoms with Crippen LogP contribution in [-0.4, -0.2) is 18.7 Å². The number of carbonyl (C=O) groups is 1. The van der Waals surface area contributed by atoms with Crippen LogP contribution in [0.1, 0.15) is 40.4 Å². The molecule has 32 heavy (non-hydrogen) atoms. The van der Waals surface area contributed by atoms with Crippen LogP contribution in [0.4, 0.5) is 5.69 Å². The molecule has 0 saturated heterocycles. The van der Waals surface area contributed by atoms with Crippen molar-refractivity contribution in [1.82, 2.24) is 5.43 Å². The predicted octanol–water partition coefficient (Wildman–Crippen LogP) is 6.12. The molecule has 7 heteroatoms. The Labute approximate surface area is 197 Å². The number of oxime groups is 1. The molecule has 1 atom stereocenters. The number of carbonyl (C=O) groups excluding carboxylic acids is 1. The first-order valence-corrected chi connectivity index (χ1v) is 10.9. The Hall–Kier alpha value is -3.02. The highest BCUT2D eigenvalue weighted by Gasteiger charge is 2.37. The van der Waals surface area contributed by atoms with E-state index in [-0.39, 0.29) is 5.91 Å². The van der Waals surface area contributed by atoms with Crippen LogP contribution in [0.3, 0.4) is 0 Å². The number of anilines is 1. The number of aryl methyl sites for hydroxylation is 1. The van der Waals surface area contributed by atoms with E-state index >= 15 is 0 Å². The highest BCUT2D eigenvalue weighted by Crippen LogP contribution is 2.38.